The molecule has 2 amide bonds. The van der Waals surface area contributed by atoms with Crippen LogP contribution < -0.4 is 15.5 Å². The molecule has 0 aliphatic heterocycles. The molecular weight excluding hydrogens is 436 g/mol. The van der Waals surface area contributed by atoms with Crippen LogP contribution in [0.3, 0.4) is 0 Å². The highest BCUT2D eigenvalue weighted by Gasteiger charge is 2.34. The van der Waals surface area contributed by atoms with Gasteiger partial charge >= 0.3 is 5.91 Å². The Labute approximate surface area is 199 Å². The summed E-state index contributed by atoms with van der Waals surface area (Å²) in [5.41, 5.74) is 3.25. The lowest BCUT2D eigenvalue weighted by atomic mass is 9.87. The first-order valence-electron chi connectivity index (χ1n) is 11.3. The second-order valence-corrected chi connectivity index (χ2v) is 8.49. The van der Waals surface area contributed by atoms with Crippen molar-refractivity contribution in [1.82, 2.24) is 10.8 Å². The standard InChI is InChI=1S/C26H30N2O6/c1-33-21-10-6-9-19(15-21)25(31)27-22(14-18-11-12-18)23(29)16-20(24(30)26(32)28-34-2)13-17-7-4-3-5-8-17/h3-10,15,18,20,22H,11-14,16H2,1-2H3,(H,27,31)(H,28,32)/t20?,22-/m0/s1. The number of methoxy groups -OCH3 is 1. The molecule has 0 bridgehead atoms. The Morgan fingerprint density at radius 1 is 1.00 bits per heavy atom. The van der Waals surface area contributed by atoms with Gasteiger partial charge in [-0.2, -0.15) is 0 Å². The molecular formula is C26H30N2O6. The first kappa shape index (κ1) is 25.1. The van der Waals surface area contributed by atoms with Crippen LogP contribution in [0.2, 0.25) is 0 Å². The van der Waals surface area contributed by atoms with Crippen molar-refractivity contribution in [2.45, 2.75) is 38.1 Å². The summed E-state index contributed by atoms with van der Waals surface area (Å²) in [6, 6.07) is 15.1. The van der Waals surface area contributed by atoms with Crippen LogP contribution >= 0.6 is 0 Å². The van der Waals surface area contributed by atoms with Gasteiger partial charge in [-0.3, -0.25) is 24.0 Å². The van der Waals surface area contributed by atoms with Gasteiger partial charge in [-0.1, -0.05) is 49.2 Å². The van der Waals surface area contributed by atoms with Crippen molar-refractivity contribution in [3.05, 3.63) is 65.7 Å². The van der Waals surface area contributed by atoms with Crippen LogP contribution in [0.1, 0.15) is 41.6 Å². The highest BCUT2D eigenvalue weighted by Crippen LogP contribution is 2.34. The Balaban J connectivity index is 1.76. The molecule has 1 unspecified atom stereocenters. The number of rotatable bonds is 13. The summed E-state index contributed by atoms with van der Waals surface area (Å²) in [4.78, 5) is 55.7. The van der Waals surface area contributed by atoms with Crippen LogP contribution in [0.4, 0.5) is 0 Å². The van der Waals surface area contributed by atoms with E-state index in [0.717, 1.165) is 18.4 Å². The SMILES string of the molecule is CONC(=O)C(=O)C(CC(=O)[C@H](CC1CC1)NC(=O)c1cccc(OC)c1)Cc1ccccc1. The fourth-order valence-electron chi connectivity index (χ4n) is 3.83. The molecule has 1 aliphatic rings. The van der Waals surface area contributed by atoms with Crippen molar-refractivity contribution in [2.24, 2.45) is 11.8 Å². The number of ketones is 2. The van der Waals surface area contributed by atoms with Gasteiger partial charge in [-0.05, 0) is 42.5 Å². The summed E-state index contributed by atoms with van der Waals surface area (Å²) < 4.78 is 5.18. The Morgan fingerprint density at radius 3 is 2.38 bits per heavy atom. The number of hydrogen-bond donors (Lipinski definition) is 2. The monoisotopic (exact) mass is 466 g/mol. The van der Waals surface area contributed by atoms with Gasteiger partial charge in [0.15, 0.2) is 5.78 Å². The molecule has 3 rings (SSSR count). The highest BCUT2D eigenvalue weighted by atomic mass is 16.6. The molecule has 34 heavy (non-hydrogen) atoms. The van der Waals surface area contributed by atoms with E-state index in [1.807, 2.05) is 35.8 Å². The molecule has 2 atom stereocenters. The number of benzene rings is 2. The van der Waals surface area contributed by atoms with Crippen LogP contribution in [0, 0.1) is 11.8 Å². The number of carbonyl (C=O) groups is 4. The maximum atomic E-state index is 13.3. The summed E-state index contributed by atoms with van der Waals surface area (Å²) in [6.07, 6.45) is 2.57. The zero-order chi connectivity index (χ0) is 24.5. The predicted molar refractivity (Wildman–Crippen MR) is 125 cm³/mol. The van der Waals surface area contributed by atoms with Crippen LogP contribution in [0.5, 0.6) is 5.75 Å². The van der Waals surface area contributed by atoms with E-state index < -0.39 is 23.7 Å². The number of ether oxygens (including phenoxy) is 1. The van der Waals surface area contributed by atoms with Gasteiger partial charge in [-0.25, -0.2) is 5.48 Å². The number of Topliss-reactive ketones (excluding diaryl/α,β-unsaturated/α-hetero) is 2. The molecule has 1 aliphatic carbocycles. The maximum Gasteiger partial charge on any atom is 0.311 e. The Hall–Kier alpha value is -3.52. The molecule has 8 nitrogen and oxygen atoms in total. The second-order valence-electron chi connectivity index (χ2n) is 8.49. The van der Waals surface area contributed by atoms with Crippen LogP contribution in [-0.4, -0.2) is 43.6 Å². The van der Waals surface area contributed by atoms with Crippen LogP contribution in [0.15, 0.2) is 54.6 Å². The number of amides is 2. The van der Waals surface area contributed by atoms with E-state index in [1.54, 1.807) is 24.3 Å². The number of carbonyl (C=O) groups excluding carboxylic acids is 4. The molecule has 2 aromatic carbocycles. The summed E-state index contributed by atoms with van der Waals surface area (Å²) >= 11 is 0. The summed E-state index contributed by atoms with van der Waals surface area (Å²) in [5, 5.41) is 2.84. The predicted octanol–water partition coefficient (Wildman–Crippen LogP) is 2.66. The highest BCUT2D eigenvalue weighted by molar-refractivity contribution is 6.37. The van der Waals surface area contributed by atoms with Crippen molar-refractivity contribution in [3.8, 4) is 5.75 Å². The molecule has 0 aromatic heterocycles. The molecule has 0 radical (unpaired) electrons. The zero-order valence-electron chi connectivity index (χ0n) is 19.4. The maximum absolute atomic E-state index is 13.3. The molecule has 0 heterocycles. The lowest BCUT2D eigenvalue weighted by Crippen LogP contribution is -2.43. The zero-order valence-corrected chi connectivity index (χ0v) is 19.4. The van der Waals surface area contributed by atoms with E-state index in [-0.39, 0.29) is 24.5 Å². The van der Waals surface area contributed by atoms with E-state index in [0.29, 0.717) is 23.7 Å². The average molecular weight is 467 g/mol. The van der Waals surface area contributed by atoms with Crippen molar-refractivity contribution >= 4 is 23.4 Å². The van der Waals surface area contributed by atoms with E-state index >= 15 is 0 Å². The number of hydrogen-bond acceptors (Lipinski definition) is 6. The van der Waals surface area contributed by atoms with Gasteiger partial charge in [0, 0.05) is 17.9 Å². The second kappa shape index (κ2) is 12.1. The van der Waals surface area contributed by atoms with Crippen LogP contribution in [-0.2, 0) is 25.6 Å². The third-order valence-electron chi connectivity index (χ3n) is 5.85. The Bertz CT molecular complexity index is 1020. The third-order valence-corrected chi connectivity index (χ3v) is 5.85. The lowest BCUT2D eigenvalue weighted by Gasteiger charge is -2.21. The van der Waals surface area contributed by atoms with Crippen molar-refractivity contribution < 1.29 is 28.8 Å². The summed E-state index contributed by atoms with van der Waals surface area (Å²) in [5.74, 6) is -2.28. The normalized spacial score (nSPS) is 14.5. The van der Waals surface area contributed by atoms with Gasteiger partial charge in [0.1, 0.15) is 5.75 Å². The summed E-state index contributed by atoms with van der Waals surface area (Å²) in [6.45, 7) is 0. The van der Waals surface area contributed by atoms with E-state index in [4.69, 9.17) is 4.74 Å². The minimum atomic E-state index is -0.907. The van der Waals surface area contributed by atoms with E-state index in [1.165, 1.54) is 14.2 Å². The first-order chi connectivity index (χ1) is 16.4. The van der Waals surface area contributed by atoms with Gasteiger partial charge in [0.25, 0.3) is 5.91 Å². The smallest absolute Gasteiger partial charge is 0.311 e. The molecule has 1 fully saturated rings. The number of nitrogens with one attached hydrogen (secondary N) is 2. The van der Waals surface area contributed by atoms with Crippen molar-refractivity contribution in [3.63, 3.8) is 0 Å². The third kappa shape index (κ3) is 7.25. The van der Waals surface area contributed by atoms with Gasteiger partial charge < -0.3 is 10.1 Å². The molecule has 0 saturated heterocycles. The molecule has 1 saturated carbocycles. The molecule has 180 valence electrons. The fourth-order valence-corrected chi connectivity index (χ4v) is 3.83. The quantitative estimate of drug-likeness (QED) is 0.347. The van der Waals surface area contributed by atoms with Crippen molar-refractivity contribution in [2.75, 3.05) is 14.2 Å². The Morgan fingerprint density at radius 2 is 1.74 bits per heavy atom. The lowest BCUT2D eigenvalue weighted by molar-refractivity contribution is -0.147. The minimum absolute atomic E-state index is 0.166. The topological polar surface area (TPSA) is 111 Å². The van der Waals surface area contributed by atoms with Crippen LogP contribution in [0.25, 0.3) is 0 Å². The Kier molecular flexibility index (Phi) is 8.93. The first-order valence-corrected chi connectivity index (χ1v) is 11.3. The minimum Gasteiger partial charge on any atom is -0.497 e. The molecule has 2 N–H and O–H groups in total. The summed E-state index contributed by atoms with van der Waals surface area (Å²) in [7, 11) is 2.75. The number of hydroxylamine groups is 1. The van der Waals surface area contributed by atoms with E-state index in [9.17, 15) is 19.2 Å². The molecule has 8 heteroatoms. The van der Waals surface area contributed by atoms with Gasteiger partial charge in [0.05, 0.1) is 20.3 Å². The molecule has 2 aromatic rings. The average Bonchev–Trinajstić information content (AvgIpc) is 3.67. The largest absolute Gasteiger partial charge is 0.497 e. The van der Waals surface area contributed by atoms with Crippen molar-refractivity contribution in [1.29, 1.82) is 0 Å². The fraction of sp³-hybridized carbons (Fsp3) is 0.385. The molecule has 0 spiro atoms. The van der Waals surface area contributed by atoms with E-state index in [2.05, 4.69) is 10.2 Å². The van der Waals surface area contributed by atoms with Gasteiger partial charge in [0.2, 0.25) is 5.78 Å². The van der Waals surface area contributed by atoms with Gasteiger partial charge in [-0.15, -0.1) is 0 Å².